The van der Waals surface area contributed by atoms with Crippen molar-refractivity contribution in [1.82, 2.24) is 4.98 Å². The summed E-state index contributed by atoms with van der Waals surface area (Å²) in [6.45, 7) is 0.0670. The van der Waals surface area contributed by atoms with Gasteiger partial charge < -0.3 is 5.73 Å². The van der Waals surface area contributed by atoms with Gasteiger partial charge in [-0.2, -0.15) is 5.26 Å². The summed E-state index contributed by atoms with van der Waals surface area (Å²) in [6, 6.07) is 4.62. The largest absolute Gasteiger partial charge is 0.325 e. The van der Waals surface area contributed by atoms with E-state index in [2.05, 4.69) is 4.98 Å². The van der Waals surface area contributed by atoms with Crippen molar-refractivity contribution in [1.29, 1.82) is 5.26 Å². The highest BCUT2D eigenvalue weighted by atomic mass is 19.3. The summed E-state index contributed by atoms with van der Waals surface area (Å²) in [5.74, 6) is 0. The SMILES string of the molecule is N#CCc1ccc(C(F)F)nc1CN. The fourth-order valence-corrected chi connectivity index (χ4v) is 1.09. The first kappa shape index (κ1) is 10.5. The molecule has 74 valence electrons. The smallest absolute Gasteiger partial charge is 0.280 e. The van der Waals surface area contributed by atoms with Gasteiger partial charge in [0, 0.05) is 6.54 Å². The lowest BCUT2D eigenvalue weighted by molar-refractivity contribution is 0.146. The summed E-state index contributed by atoms with van der Waals surface area (Å²) in [4.78, 5) is 3.68. The molecule has 1 rings (SSSR count). The van der Waals surface area contributed by atoms with Gasteiger partial charge in [-0.05, 0) is 11.6 Å². The van der Waals surface area contributed by atoms with Gasteiger partial charge in [-0.1, -0.05) is 6.07 Å². The summed E-state index contributed by atoms with van der Waals surface area (Å²) >= 11 is 0. The van der Waals surface area contributed by atoms with Crippen molar-refractivity contribution in [3.63, 3.8) is 0 Å². The van der Waals surface area contributed by atoms with Crippen LogP contribution in [0, 0.1) is 11.3 Å². The topological polar surface area (TPSA) is 62.7 Å². The molecule has 0 radical (unpaired) electrons. The Morgan fingerprint density at radius 1 is 1.50 bits per heavy atom. The number of hydrogen-bond donors (Lipinski definition) is 1. The van der Waals surface area contributed by atoms with Gasteiger partial charge in [0.25, 0.3) is 6.43 Å². The van der Waals surface area contributed by atoms with Gasteiger partial charge >= 0.3 is 0 Å². The van der Waals surface area contributed by atoms with Crippen molar-refractivity contribution in [2.75, 3.05) is 0 Å². The van der Waals surface area contributed by atoms with E-state index in [0.717, 1.165) is 0 Å². The Kier molecular flexibility index (Phi) is 3.48. The van der Waals surface area contributed by atoms with Crippen LogP contribution in [0.3, 0.4) is 0 Å². The number of nitriles is 1. The minimum Gasteiger partial charge on any atom is -0.325 e. The fraction of sp³-hybridized carbons (Fsp3) is 0.333. The number of nitrogens with two attached hydrogens (primary N) is 1. The van der Waals surface area contributed by atoms with Crippen LogP contribution in [0.1, 0.15) is 23.4 Å². The van der Waals surface area contributed by atoms with E-state index in [-0.39, 0.29) is 18.7 Å². The number of halogens is 2. The van der Waals surface area contributed by atoms with Gasteiger partial charge in [0.1, 0.15) is 5.69 Å². The number of alkyl halides is 2. The van der Waals surface area contributed by atoms with E-state index < -0.39 is 6.43 Å². The molecule has 0 aromatic carbocycles. The molecule has 0 amide bonds. The summed E-state index contributed by atoms with van der Waals surface area (Å²) in [7, 11) is 0. The maximum Gasteiger partial charge on any atom is 0.280 e. The first-order chi connectivity index (χ1) is 6.69. The van der Waals surface area contributed by atoms with Crippen LogP contribution < -0.4 is 5.73 Å². The Morgan fingerprint density at radius 2 is 2.21 bits per heavy atom. The Balaban J connectivity index is 3.06. The zero-order chi connectivity index (χ0) is 10.6. The first-order valence-corrected chi connectivity index (χ1v) is 4.03. The van der Waals surface area contributed by atoms with Crippen molar-refractivity contribution in [3.05, 3.63) is 29.1 Å². The van der Waals surface area contributed by atoms with Crippen LogP contribution in [0.4, 0.5) is 8.78 Å². The zero-order valence-electron chi connectivity index (χ0n) is 7.37. The van der Waals surface area contributed by atoms with E-state index in [0.29, 0.717) is 11.3 Å². The van der Waals surface area contributed by atoms with E-state index in [4.69, 9.17) is 11.0 Å². The van der Waals surface area contributed by atoms with Crippen LogP contribution in [0.25, 0.3) is 0 Å². The van der Waals surface area contributed by atoms with E-state index in [1.807, 2.05) is 6.07 Å². The lowest BCUT2D eigenvalue weighted by atomic mass is 10.1. The number of rotatable bonds is 3. The molecule has 1 heterocycles. The van der Waals surface area contributed by atoms with Gasteiger partial charge in [0.2, 0.25) is 0 Å². The molecule has 5 heteroatoms. The van der Waals surface area contributed by atoms with Gasteiger partial charge in [-0.3, -0.25) is 4.98 Å². The molecule has 0 aliphatic rings. The molecule has 0 saturated carbocycles. The van der Waals surface area contributed by atoms with Crippen LogP contribution in [0.15, 0.2) is 12.1 Å². The molecule has 0 aliphatic heterocycles. The van der Waals surface area contributed by atoms with Crippen LogP contribution >= 0.6 is 0 Å². The minimum absolute atomic E-state index is 0.0670. The molecule has 0 aliphatic carbocycles. The molecule has 0 spiro atoms. The van der Waals surface area contributed by atoms with Crippen molar-refractivity contribution in [2.45, 2.75) is 19.4 Å². The Hall–Kier alpha value is -1.54. The second-order valence-electron chi connectivity index (χ2n) is 2.68. The van der Waals surface area contributed by atoms with Crippen molar-refractivity contribution < 1.29 is 8.78 Å². The van der Waals surface area contributed by atoms with Gasteiger partial charge in [0.05, 0.1) is 18.2 Å². The Morgan fingerprint density at radius 3 is 2.71 bits per heavy atom. The van der Waals surface area contributed by atoms with Crippen LogP contribution in [0.2, 0.25) is 0 Å². The summed E-state index contributed by atoms with van der Waals surface area (Å²) < 4.78 is 24.5. The predicted molar refractivity (Wildman–Crippen MR) is 46.4 cm³/mol. The molecular weight excluding hydrogens is 188 g/mol. The number of aromatic nitrogens is 1. The summed E-state index contributed by atoms with van der Waals surface area (Å²) in [5.41, 5.74) is 6.01. The van der Waals surface area contributed by atoms with Gasteiger partial charge in [-0.15, -0.1) is 0 Å². The van der Waals surface area contributed by atoms with E-state index >= 15 is 0 Å². The molecular formula is C9H9F2N3. The molecule has 0 atom stereocenters. The summed E-state index contributed by atoms with van der Waals surface area (Å²) in [6.07, 6.45) is -2.46. The average molecular weight is 197 g/mol. The molecule has 0 bridgehead atoms. The lowest BCUT2D eigenvalue weighted by Gasteiger charge is -2.05. The molecule has 1 aromatic rings. The third-order valence-corrected chi connectivity index (χ3v) is 1.78. The third-order valence-electron chi connectivity index (χ3n) is 1.78. The second kappa shape index (κ2) is 4.63. The molecule has 0 fully saturated rings. The van der Waals surface area contributed by atoms with Crippen LogP contribution in [0.5, 0.6) is 0 Å². The van der Waals surface area contributed by atoms with Crippen molar-refractivity contribution >= 4 is 0 Å². The van der Waals surface area contributed by atoms with Crippen LogP contribution in [-0.4, -0.2) is 4.98 Å². The molecule has 0 saturated heterocycles. The normalized spacial score (nSPS) is 10.2. The molecule has 3 nitrogen and oxygen atoms in total. The molecule has 1 aromatic heterocycles. The van der Waals surface area contributed by atoms with Crippen molar-refractivity contribution in [3.8, 4) is 6.07 Å². The monoisotopic (exact) mass is 197 g/mol. The maximum atomic E-state index is 12.2. The average Bonchev–Trinajstić information content (AvgIpc) is 2.18. The van der Waals surface area contributed by atoms with Gasteiger partial charge in [0.15, 0.2) is 0 Å². The quantitative estimate of drug-likeness (QED) is 0.799. The van der Waals surface area contributed by atoms with Crippen LogP contribution in [-0.2, 0) is 13.0 Å². The standard InChI is InChI=1S/C9H9F2N3/c10-9(11)7-2-1-6(3-4-12)8(5-13)14-7/h1-2,9H,3,5,13H2. The lowest BCUT2D eigenvalue weighted by Crippen LogP contribution is -2.06. The fourth-order valence-electron chi connectivity index (χ4n) is 1.09. The minimum atomic E-state index is -2.60. The van der Waals surface area contributed by atoms with E-state index in [9.17, 15) is 8.78 Å². The molecule has 2 N–H and O–H groups in total. The predicted octanol–water partition coefficient (Wildman–Crippen LogP) is 1.54. The first-order valence-electron chi connectivity index (χ1n) is 4.03. The highest BCUT2D eigenvalue weighted by Gasteiger charge is 2.11. The highest BCUT2D eigenvalue weighted by molar-refractivity contribution is 5.26. The molecule has 0 unspecified atom stereocenters. The van der Waals surface area contributed by atoms with E-state index in [1.54, 1.807) is 0 Å². The number of hydrogen-bond acceptors (Lipinski definition) is 3. The zero-order valence-corrected chi connectivity index (χ0v) is 7.37. The second-order valence-corrected chi connectivity index (χ2v) is 2.68. The van der Waals surface area contributed by atoms with Crippen molar-refractivity contribution in [2.24, 2.45) is 5.73 Å². The summed E-state index contributed by atoms with van der Waals surface area (Å²) in [5, 5.41) is 8.45. The number of nitrogens with zero attached hydrogens (tertiary/aromatic N) is 2. The maximum absolute atomic E-state index is 12.2. The Bertz CT molecular complexity index is 358. The highest BCUT2D eigenvalue weighted by Crippen LogP contribution is 2.18. The number of pyridine rings is 1. The third kappa shape index (κ3) is 2.24. The molecule has 14 heavy (non-hydrogen) atoms. The Labute approximate surface area is 80.2 Å². The van der Waals surface area contributed by atoms with Gasteiger partial charge in [-0.25, -0.2) is 8.78 Å². The van der Waals surface area contributed by atoms with E-state index in [1.165, 1.54) is 12.1 Å².